The van der Waals surface area contributed by atoms with Gasteiger partial charge in [0.1, 0.15) is 48.9 Å². The zero-order valence-electron chi connectivity index (χ0n) is 35.5. The van der Waals surface area contributed by atoms with Gasteiger partial charge in [0.15, 0.2) is 5.75 Å². The number of aliphatic hydroxyl groups is 2. The van der Waals surface area contributed by atoms with Crippen LogP contribution in [0.1, 0.15) is 75.5 Å². The highest BCUT2D eigenvalue weighted by atomic mass is 28.4. The average molecular weight is 807 g/mol. The van der Waals surface area contributed by atoms with Crippen LogP contribution in [0.5, 0.6) is 28.7 Å². The predicted octanol–water partition coefficient (Wildman–Crippen LogP) is 11.8. The molecule has 0 bridgehead atoms. The molecule has 57 heavy (non-hydrogen) atoms. The number of ether oxygens (including phenoxy) is 3. The zero-order chi connectivity index (χ0) is 41.4. The van der Waals surface area contributed by atoms with Gasteiger partial charge in [-0.05, 0) is 70.7 Å². The van der Waals surface area contributed by atoms with E-state index in [1.165, 1.54) is 0 Å². The molecule has 9 heteroatoms. The van der Waals surface area contributed by atoms with E-state index >= 15 is 0 Å². The van der Waals surface area contributed by atoms with Crippen molar-refractivity contribution in [2.24, 2.45) is 0 Å². The van der Waals surface area contributed by atoms with Crippen molar-refractivity contribution < 1.29 is 33.3 Å². The van der Waals surface area contributed by atoms with Crippen LogP contribution in [0.15, 0.2) is 121 Å². The highest BCUT2D eigenvalue weighted by Crippen LogP contribution is 2.44. The van der Waals surface area contributed by atoms with Gasteiger partial charge < -0.3 is 33.3 Å². The molecule has 0 spiro atoms. The van der Waals surface area contributed by atoms with E-state index in [0.29, 0.717) is 59.7 Å². The molecule has 5 aromatic carbocycles. The van der Waals surface area contributed by atoms with E-state index in [1.807, 2.05) is 115 Å². The van der Waals surface area contributed by atoms with Gasteiger partial charge in [-0.3, -0.25) is 0 Å². The molecular formula is C48H62O7Si2. The summed E-state index contributed by atoms with van der Waals surface area (Å²) in [7, 11) is -4.64. The van der Waals surface area contributed by atoms with Crippen molar-refractivity contribution in [2.75, 3.05) is 0 Å². The van der Waals surface area contributed by atoms with Crippen LogP contribution in [0, 0.1) is 0 Å². The summed E-state index contributed by atoms with van der Waals surface area (Å²) in [4.78, 5) is 0. The number of hydrogen-bond acceptors (Lipinski definition) is 7. The molecule has 7 nitrogen and oxygen atoms in total. The topological polar surface area (TPSA) is 86.6 Å². The van der Waals surface area contributed by atoms with Crippen LogP contribution in [0.25, 0.3) is 0 Å². The Bertz CT molecular complexity index is 2020. The molecule has 0 unspecified atom stereocenters. The molecule has 0 saturated carbocycles. The second-order valence-electron chi connectivity index (χ2n) is 17.9. The van der Waals surface area contributed by atoms with E-state index in [0.717, 1.165) is 16.7 Å². The van der Waals surface area contributed by atoms with Crippen LogP contribution in [0.2, 0.25) is 36.3 Å². The summed E-state index contributed by atoms with van der Waals surface area (Å²) in [6.07, 6.45) is -2.44. The lowest BCUT2D eigenvalue weighted by Crippen LogP contribution is -2.44. The maximum Gasteiger partial charge on any atom is 0.250 e. The largest absolute Gasteiger partial charge is 0.543 e. The van der Waals surface area contributed by atoms with Gasteiger partial charge >= 0.3 is 0 Å². The van der Waals surface area contributed by atoms with Gasteiger partial charge in [-0.1, -0.05) is 139 Å². The fourth-order valence-electron chi connectivity index (χ4n) is 5.62. The number of hydrogen-bond donors (Lipinski definition) is 2. The minimum Gasteiger partial charge on any atom is -0.543 e. The lowest BCUT2D eigenvalue weighted by Gasteiger charge is -2.37. The van der Waals surface area contributed by atoms with Crippen molar-refractivity contribution in [3.05, 3.63) is 149 Å². The molecule has 0 aromatic heterocycles. The Morgan fingerprint density at radius 3 is 1.39 bits per heavy atom. The average Bonchev–Trinajstić information content (AvgIpc) is 3.16. The molecule has 304 valence electrons. The minimum absolute atomic E-state index is 0.0370. The fraction of sp³-hybridized carbons (Fsp3) is 0.375. The van der Waals surface area contributed by atoms with Crippen molar-refractivity contribution in [2.45, 2.75) is 116 Å². The Morgan fingerprint density at radius 1 is 0.491 bits per heavy atom. The molecule has 5 rings (SSSR count). The predicted molar refractivity (Wildman–Crippen MR) is 236 cm³/mol. The first-order chi connectivity index (χ1) is 26.8. The Kier molecular flexibility index (Phi) is 14.0. The highest BCUT2D eigenvalue weighted by Gasteiger charge is 2.41. The van der Waals surface area contributed by atoms with Crippen molar-refractivity contribution in [3.63, 3.8) is 0 Å². The maximum atomic E-state index is 12.0. The minimum atomic E-state index is -2.41. The second kappa shape index (κ2) is 18.4. The van der Waals surface area contributed by atoms with Gasteiger partial charge in [-0.25, -0.2) is 0 Å². The number of rotatable bonds is 17. The molecule has 0 amide bonds. The number of aliphatic hydroxyl groups excluding tert-OH is 2. The summed E-state index contributed by atoms with van der Waals surface area (Å²) >= 11 is 0. The Hall–Kier alpha value is -4.55. The first kappa shape index (κ1) is 43.6. The fourth-order valence-corrected chi connectivity index (χ4v) is 7.68. The van der Waals surface area contributed by atoms with Gasteiger partial charge in [-0.15, -0.1) is 0 Å². The summed E-state index contributed by atoms with van der Waals surface area (Å²) < 4.78 is 33.0. The van der Waals surface area contributed by atoms with Gasteiger partial charge in [0.2, 0.25) is 8.32 Å². The first-order valence-electron chi connectivity index (χ1n) is 19.9. The van der Waals surface area contributed by atoms with E-state index in [4.69, 9.17) is 23.1 Å². The van der Waals surface area contributed by atoms with Crippen molar-refractivity contribution in [1.29, 1.82) is 0 Å². The Morgan fingerprint density at radius 2 is 0.912 bits per heavy atom. The molecule has 0 aliphatic rings. The molecule has 0 heterocycles. The first-order valence-corrected chi connectivity index (χ1v) is 25.7. The molecule has 0 aliphatic carbocycles. The van der Waals surface area contributed by atoms with E-state index in [2.05, 4.69) is 67.7 Å². The van der Waals surface area contributed by atoms with Crippen LogP contribution in [-0.2, 0) is 26.2 Å². The smallest absolute Gasteiger partial charge is 0.250 e. The molecule has 0 fully saturated rings. The quantitative estimate of drug-likeness (QED) is 0.0905. The lowest BCUT2D eigenvalue weighted by molar-refractivity contribution is 0.0181. The normalized spacial score (nSPS) is 13.4. The SMILES string of the molecule is CC(C)(C)[Si](C)(C)Oc1ccc([C@H](O)[C@@H](O)Cc2c(OCc3ccccc3)cc(OCc3ccccc3)cc2O[Si](C)(C)C(C)(C)C)cc1OCc1ccccc1. The molecule has 0 aliphatic heterocycles. The second-order valence-corrected chi connectivity index (χ2v) is 27.3. The number of benzene rings is 5. The van der Waals surface area contributed by atoms with Crippen LogP contribution in [0.3, 0.4) is 0 Å². The van der Waals surface area contributed by atoms with E-state index in [9.17, 15) is 10.2 Å². The molecule has 2 N–H and O–H groups in total. The van der Waals surface area contributed by atoms with Crippen molar-refractivity contribution in [3.8, 4) is 28.7 Å². The standard InChI is InChI=1S/C48H62O7Si2/c1-47(2,3)56(7,8)54-42-27-26-38(28-45(42)53-34-37-24-18-13-19-25-37)46(50)41(49)31-40-43(52-33-36-22-16-12-17-23-36)29-39(51-32-35-20-14-11-15-21-35)30-44(40)55-57(9,10)48(4,5)6/h11-30,41,46,49-50H,31-34H2,1-10H3/t41-,46-/m0/s1. The monoisotopic (exact) mass is 806 g/mol. The summed E-state index contributed by atoms with van der Waals surface area (Å²) in [5.74, 6) is 2.82. The van der Waals surface area contributed by atoms with Crippen LogP contribution < -0.4 is 23.1 Å². The van der Waals surface area contributed by atoms with Crippen LogP contribution in [-0.4, -0.2) is 33.0 Å². The van der Waals surface area contributed by atoms with E-state index < -0.39 is 28.8 Å². The highest BCUT2D eigenvalue weighted by molar-refractivity contribution is 6.75. The van der Waals surface area contributed by atoms with Gasteiger partial charge in [0, 0.05) is 24.1 Å². The Balaban J connectivity index is 1.52. The third-order valence-electron chi connectivity index (χ3n) is 11.3. The molecular weight excluding hydrogens is 745 g/mol. The molecule has 0 saturated heterocycles. The van der Waals surface area contributed by atoms with E-state index in [-0.39, 0.29) is 16.5 Å². The molecule has 5 aromatic rings. The van der Waals surface area contributed by atoms with Crippen LogP contribution >= 0.6 is 0 Å². The van der Waals surface area contributed by atoms with Crippen LogP contribution in [0.4, 0.5) is 0 Å². The molecule has 0 radical (unpaired) electrons. The van der Waals surface area contributed by atoms with E-state index in [1.54, 1.807) is 6.07 Å². The van der Waals surface area contributed by atoms with Gasteiger partial charge in [0.05, 0.1) is 6.10 Å². The maximum absolute atomic E-state index is 12.0. The third kappa shape index (κ3) is 11.8. The summed E-state index contributed by atoms with van der Waals surface area (Å²) in [6.45, 7) is 22.9. The summed E-state index contributed by atoms with van der Waals surface area (Å²) in [6, 6.07) is 39.1. The van der Waals surface area contributed by atoms with Crippen molar-refractivity contribution in [1.82, 2.24) is 0 Å². The van der Waals surface area contributed by atoms with Crippen molar-refractivity contribution >= 4 is 16.6 Å². The molecule has 2 atom stereocenters. The third-order valence-corrected chi connectivity index (χ3v) is 20.0. The summed E-state index contributed by atoms with van der Waals surface area (Å²) in [5.41, 5.74) is 4.21. The summed E-state index contributed by atoms with van der Waals surface area (Å²) in [5, 5.41) is 23.7. The Labute approximate surface area is 342 Å². The lowest BCUT2D eigenvalue weighted by atomic mass is 9.97. The zero-order valence-corrected chi connectivity index (χ0v) is 37.5. The van der Waals surface area contributed by atoms with Gasteiger partial charge in [0.25, 0.3) is 8.32 Å². The van der Waals surface area contributed by atoms with Gasteiger partial charge in [-0.2, -0.15) is 0 Å².